The predicted molar refractivity (Wildman–Crippen MR) is 74.5 cm³/mol. The Kier molecular flexibility index (Phi) is 4.90. The predicted octanol–water partition coefficient (Wildman–Crippen LogP) is 2.88. The van der Waals surface area contributed by atoms with Crippen LogP contribution in [0.1, 0.15) is 38.0 Å². The van der Waals surface area contributed by atoms with Crippen molar-refractivity contribution in [3.8, 4) is 6.07 Å². The Morgan fingerprint density at radius 2 is 2.05 bits per heavy atom. The molecule has 2 N–H and O–H groups in total. The summed E-state index contributed by atoms with van der Waals surface area (Å²) in [6, 6.07) is 5.70. The van der Waals surface area contributed by atoms with E-state index in [1.807, 2.05) is 0 Å². The molecular weight excluding hydrogens is 278 g/mol. The summed E-state index contributed by atoms with van der Waals surface area (Å²) in [6.45, 7) is 3.10. The lowest BCUT2D eigenvalue weighted by Crippen LogP contribution is -2.35. The number of hydrogen-bond donors (Lipinski definition) is 2. The van der Waals surface area contributed by atoms with Crippen molar-refractivity contribution in [3.63, 3.8) is 0 Å². The quantitative estimate of drug-likeness (QED) is 0.806. The van der Waals surface area contributed by atoms with Crippen molar-refractivity contribution in [3.05, 3.63) is 22.4 Å². The Bertz CT molecular complexity index is 530. The fourth-order valence-corrected chi connectivity index (χ4v) is 3.06. The van der Waals surface area contributed by atoms with Gasteiger partial charge in [-0.2, -0.15) is 5.26 Å². The highest BCUT2D eigenvalue weighted by atomic mass is 32.1. The van der Waals surface area contributed by atoms with Gasteiger partial charge in [-0.05, 0) is 38.1 Å². The highest BCUT2D eigenvalue weighted by molar-refractivity contribution is 7.10. The molecule has 0 bridgehead atoms. The third-order valence-electron chi connectivity index (χ3n) is 3.30. The molecule has 0 saturated heterocycles. The SMILES string of the molecule is CC(C)(CC(C#N)(CCC(=O)O)c1cccs1)C(=O)O. The first-order chi connectivity index (χ1) is 9.23. The number of carboxylic acid groups (broad SMARTS) is 2. The number of rotatable bonds is 7. The summed E-state index contributed by atoms with van der Waals surface area (Å²) in [5.74, 6) is -1.99. The topological polar surface area (TPSA) is 98.4 Å². The third-order valence-corrected chi connectivity index (χ3v) is 4.37. The molecule has 0 aliphatic rings. The van der Waals surface area contributed by atoms with Gasteiger partial charge in [-0.3, -0.25) is 9.59 Å². The molecule has 0 saturated carbocycles. The molecule has 0 aromatic carbocycles. The van der Waals surface area contributed by atoms with E-state index in [-0.39, 0.29) is 19.3 Å². The number of carboxylic acids is 2. The minimum absolute atomic E-state index is 0.0830. The van der Waals surface area contributed by atoms with Crippen LogP contribution in [0.3, 0.4) is 0 Å². The maximum Gasteiger partial charge on any atom is 0.309 e. The normalized spacial score (nSPS) is 14.2. The first-order valence-electron chi connectivity index (χ1n) is 6.14. The highest BCUT2D eigenvalue weighted by Gasteiger charge is 2.42. The lowest BCUT2D eigenvalue weighted by molar-refractivity contribution is -0.147. The molecule has 1 unspecified atom stereocenters. The molecule has 6 heteroatoms. The Morgan fingerprint density at radius 1 is 1.40 bits per heavy atom. The van der Waals surface area contributed by atoms with Crippen LogP contribution in [-0.2, 0) is 15.0 Å². The zero-order chi connectivity index (χ0) is 15.4. The molecule has 1 aromatic heterocycles. The van der Waals surface area contributed by atoms with Crippen molar-refractivity contribution >= 4 is 23.3 Å². The van der Waals surface area contributed by atoms with Crippen molar-refractivity contribution in [2.45, 2.75) is 38.5 Å². The van der Waals surface area contributed by atoms with E-state index in [1.165, 1.54) is 11.3 Å². The van der Waals surface area contributed by atoms with Gasteiger partial charge in [0.1, 0.15) is 0 Å². The van der Waals surface area contributed by atoms with E-state index >= 15 is 0 Å². The van der Waals surface area contributed by atoms with E-state index in [1.54, 1.807) is 31.4 Å². The third kappa shape index (κ3) is 3.58. The molecule has 0 spiro atoms. The molecule has 1 heterocycles. The van der Waals surface area contributed by atoms with E-state index < -0.39 is 22.8 Å². The monoisotopic (exact) mass is 295 g/mol. The molecule has 0 aliphatic heterocycles. The number of hydrogen-bond acceptors (Lipinski definition) is 4. The number of nitrogens with zero attached hydrogens (tertiary/aromatic N) is 1. The van der Waals surface area contributed by atoms with Gasteiger partial charge in [-0.15, -0.1) is 11.3 Å². The second-order valence-electron chi connectivity index (χ2n) is 5.43. The number of nitriles is 1. The van der Waals surface area contributed by atoms with E-state index in [2.05, 4.69) is 6.07 Å². The van der Waals surface area contributed by atoms with Crippen LogP contribution in [-0.4, -0.2) is 22.2 Å². The molecule has 1 rings (SSSR count). The van der Waals surface area contributed by atoms with Crippen molar-refractivity contribution in [1.29, 1.82) is 5.26 Å². The Balaban J connectivity index is 3.16. The maximum atomic E-state index is 11.3. The van der Waals surface area contributed by atoms with Crippen LogP contribution in [0.25, 0.3) is 0 Å². The molecule has 0 aliphatic carbocycles. The van der Waals surface area contributed by atoms with Crippen molar-refractivity contribution in [1.82, 2.24) is 0 Å². The summed E-state index contributed by atoms with van der Waals surface area (Å²) < 4.78 is 0. The van der Waals surface area contributed by atoms with Crippen molar-refractivity contribution in [2.24, 2.45) is 5.41 Å². The van der Waals surface area contributed by atoms with Crippen LogP contribution in [0.5, 0.6) is 0 Å². The van der Waals surface area contributed by atoms with Gasteiger partial charge in [0.15, 0.2) is 0 Å². The zero-order valence-corrected chi connectivity index (χ0v) is 12.2. The molecule has 20 heavy (non-hydrogen) atoms. The molecule has 5 nitrogen and oxygen atoms in total. The first-order valence-corrected chi connectivity index (χ1v) is 7.02. The summed E-state index contributed by atoms with van der Waals surface area (Å²) in [7, 11) is 0. The largest absolute Gasteiger partial charge is 0.481 e. The number of aliphatic carboxylic acids is 2. The second kappa shape index (κ2) is 6.06. The fourth-order valence-electron chi connectivity index (χ4n) is 2.15. The van der Waals surface area contributed by atoms with Gasteiger partial charge in [0, 0.05) is 11.3 Å². The van der Waals surface area contributed by atoms with E-state index in [0.717, 1.165) is 4.88 Å². The summed E-state index contributed by atoms with van der Waals surface area (Å²) >= 11 is 1.35. The van der Waals surface area contributed by atoms with Gasteiger partial charge in [0.25, 0.3) is 0 Å². The average molecular weight is 295 g/mol. The smallest absolute Gasteiger partial charge is 0.309 e. The minimum atomic E-state index is -1.10. The van der Waals surface area contributed by atoms with Crippen LogP contribution in [0.2, 0.25) is 0 Å². The molecule has 0 radical (unpaired) electrons. The number of carbonyl (C=O) groups is 2. The van der Waals surface area contributed by atoms with Gasteiger partial charge in [0.05, 0.1) is 16.9 Å². The molecule has 1 aromatic rings. The number of thiophene rings is 1. The van der Waals surface area contributed by atoms with E-state index in [0.29, 0.717) is 0 Å². The van der Waals surface area contributed by atoms with Crippen LogP contribution >= 0.6 is 11.3 Å². The molecule has 0 amide bonds. The van der Waals surface area contributed by atoms with Crippen LogP contribution < -0.4 is 0 Å². The zero-order valence-electron chi connectivity index (χ0n) is 11.4. The summed E-state index contributed by atoms with van der Waals surface area (Å²) in [4.78, 5) is 22.8. The van der Waals surface area contributed by atoms with Crippen LogP contribution in [0.4, 0.5) is 0 Å². The highest BCUT2D eigenvalue weighted by Crippen LogP contribution is 2.42. The Hall–Kier alpha value is -1.87. The lowest BCUT2D eigenvalue weighted by atomic mass is 9.70. The van der Waals surface area contributed by atoms with Gasteiger partial charge in [0.2, 0.25) is 0 Å². The van der Waals surface area contributed by atoms with Crippen molar-refractivity contribution < 1.29 is 19.8 Å². The van der Waals surface area contributed by atoms with Crippen LogP contribution in [0, 0.1) is 16.7 Å². The molecular formula is C14H17NO4S. The average Bonchev–Trinajstić information content (AvgIpc) is 2.88. The lowest BCUT2D eigenvalue weighted by Gasteiger charge is -2.32. The standard InChI is InChI=1S/C14H17NO4S/c1-13(2,12(18)19)8-14(9-15,6-5-11(16)17)10-4-3-7-20-10/h3-4,7H,5-6,8H2,1-2H3,(H,16,17)(H,18,19). The maximum absolute atomic E-state index is 11.3. The Morgan fingerprint density at radius 3 is 2.45 bits per heavy atom. The second-order valence-corrected chi connectivity index (χ2v) is 6.38. The minimum Gasteiger partial charge on any atom is -0.481 e. The molecule has 0 fully saturated rings. The first kappa shape index (κ1) is 16.2. The summed E-state index contributed by atoms with van der Waals surface area (Å²) in [5.41, 5.74) is -2.17. The van der Waals surface area contributed by atoms with Crippen molar-refractivity contribution in [2.75, 3.05) is 0 Å². The van der Waals surface area contributed by atoms with Gasteiger partial charge < -0.3 is 10.2 Å². The summed E-state index contributed by atoms with van der Waals surface area (Å²) in [6.07, 6.45) is 0.0246. The molecule has 108 valence electrons. The van der Waals surface area contributed by atoms with Gasteiger partial charge >= 0.3 is 11.9 Å². The van der Waals surface area contributed by atoms with Crippen LogP contribution in [0.15, 0.2) is 17.5 Å². The van der Waals surface area contributed by atoms with E-state index in [4.69, 9.17) is 5.11 Å². The van der Waals surface area contributed by atoms with Gasteiger partial charge in [-0.25, -0.2) is 0 Å². The summed E-state index contributed by atoms with van der Waals surface area (Å²) in [5, 5.41) is 29.5. The van der Waals surface area contributed by atoms with E-state index in [9.17, 15) is 20.0 Å². The molecule has 1 atom stereocenters. The van der Waals surface area contributed by atoms with Gasteiger partial charge in [-0.1, -0.05) is 6.07 Å². The fraction of sp³-hybridized carbons (Fsp3) is 0.500. The Labute approximate surface area is 121 Å².